The number of carbonyl (C=O) groups is 4. The Morgan fingerprint density at radius 2 is 2.03 bits per heavy atom. The molecule has 1 saturated carbocycles. The van der Waals surface area contributed by atoms with Crippen LogP contribution in [0.5, 0.6) is 5.75 Å². The molecular weight excluding hydrogens is 378 g/mol. The summed E-state index contributed by atoms with van der Waals surface area (Å²) in [5, 5.41) is 5.35. The molecule has 4 amide bonds. The molecule has 1 saturated heterocycles. The van der Waals surface area contributed by atoms with Gasteiger partial charge in [-0.25, -0.2) is 4.79 Å². The molecule has 2 aliphatic rings. The van der Waals surface area contributed by atoms with Gasteiger partial charge in [0, 0.05) is 0 Å². The second kappa shape index (κ2) is 8.50. The molecule has 0 unspecified atom stereocenters. The van der Waals surface area contributed by atoms with Crippen molar-refractivity contribution in [2.45, 2.75) is 38.1 Å². The molecule has 1 aromatic rings. The Morgan fingerprint density at radius 1 is 1.28 bits per heavy atom. The smallest absolute Gasteiger partial charge is 0.326 e. The van der Waals surface area contributed by atoms with Crippen molar-refractivity contribution in [1.29, 1.82) is 0 Å². The average molecular weight is 403 g/mol. The van der Waals surface area contributed by atoms with Gasteiger partial charge in [-0.15, -0.1) is 0 Å². The van der Waals surface area contributed by atoms with Crippen molar-refractivity contribution in [2.24, 2.45) is 5.92 Å². The number of methoxy groups -OCH3 is 1. The van der Waals surface area contributed by atoms with Gasteiger partial charge in [0.1, 0.15) is 17.8 Å². The van der Waals surface area contributed by atoms with Gasteiger partial charge in [-0.3, -0.25) is 19.3 Å². The van der Waals surface area contributed by atoms with E-state index in [4.69, 9.17) is 9.47 Å². The minimum atomic E-state index is -0.934. The Bertz CT molecular complexity index is 826. The number of nitrogens with one attached hydrogen (secondary N) is 2. The number of nitrogens with zero attached hydrogens (tertiary/aromatic N) is 1. The fourth-order valence-electron chi connectivity index (χ4n) is 3.89. The highest BCUT2D eigenvalue weighted by Gasteiger charge is 2.55. The molecule has 1 aliphatic carbocycles. The molecule has 1 spiro atoms. The minimum Gasteiger partial charge on any atom is -0.495 e. The molecule has 2 atom stereocenters. The normalized spacial score (nSPS) is 23.7. The van der Waals surface area contributed by atoms with Crippen LogP contribution in [-0.2, 0) is 19.1 Å². The highest BCUT2D eigenvalue weighted by molar-refractivity contribution is 6.09. The number of hydrogen-bond donors (Lipinski definition) is 2. The molecule has 29 heavy (non-hydrogen) atoms. The van der Waals surface area contributed by atoms with E-state index in [1.54, 1.807) is 24.3 Å². The molecule has 156 valence electrons. The molecule has 0 aromatic heterocycles. The lowest BCUT2D eigenvalue weighted by Crippen LogP contribution is -2.54. The Kier molecular flexibility index (Phi) is 6.05. The van der Waals surface area contributed by atoms with Gasteiger partial charge in [0.2, 0.25) is 0 Å². The van der Waals surface area contributed by atoms with Crippen LogP contribution in [-0.4, -0.2) is 54.5 Å². The maximum absolute atomic E-state index is 12.8. The first-order valence-electron chi connectivity index (χ1n) is 9.60. The summed E-state index contributed by atoms with van der Waals surface area (Å²) in [5.74, 6) is -1.31. The number of rotatable bonds is 6. The summed E-state index contributed by atoms with van der Waals surface area (Å²) in [6.45, 7) is 0.866. The molecule has 2 N–H and O–H groups in total. The van der Waals surface area contributed by atoms with Gasteiger partial charge in [-0.1, -0.05) is 31.9 Å². The van der Waals surface area contributed by atoms with Crippen LogP contribution in [0.2, 0.25) is 0 Å². The summed E-state index contributed by atoms with van der Waals surface area (Å²) >= 11 is 0. The Labute approximate surface area is 168 Å². The van der Waals surface area contributed by atoms with E-state index in [-0.39, 0.29) is 5.92 Å². The van der Waals surface area contributed by atoms with E-state index in [1.807, 2.05) is 6.92 Å². The van der Waals surface area contributed by atoms with Crippen LogP contribution in [0.1, 0.15) is 32.6 Å². The zero-order chi connectivity index (χ0) is 21.0. The van der Waals surface area contributed by atoms with E-state index in [0.717, 1.165) is 24.2 Å². The van der Waals surface area contributed by atoms with Crippen molar-refractivity contribution < 1.29 is 28.7 Å². The average Bonchev–Trinajstić information content (AvgIpc) is 2.94. The van der Waals surface area contributed by atoms with Crippen molar-refractivity contribution >= 4 is 29.5 Å². The third-order valence-corrected chi connectivity index (χ3v) is 5.53. The van der Waals surface area contributed by atoms with E-state index in [2.05, 4.69) is 10.6 Å². The zero-order valence-electron chi connectivity index (χ0n) is 16.5. The van der Waals surface area contributed by atoms with Gasteiger partial charge >= 0.3 is 12.0 Å². The van der Waals surface area contributed by atoms with Crippen LogP contribution in [0, 0.1) is 5.92 Å². The van der Waals surface area contributed by atoms with Gasteiger partial charge < -0.3 is 20.1 Å². The predicted octanol–water partition coefficient (Wildman–Crippen LogP) is 1.68. The van der Waals surface area contributed by atoms with Crippen LogP contribution in [0.3, 0.4) is 0 Å². The van der Waals surface area contributed by atoms with E-state index < -0.39 is 42.5 Å². The molecular formula is C20H25N3O6. The molecule has 1 aliphatic heterocycles. The van der Waals surface area contributed by atoms with Crippen LogP contribution < -0.4 is 15.4 Å². The first-order chi connectivity index (χ1) is 13.9. The van der Waals surface area contributed by atoms with E-state index in [0.29, 0.717) is 17.9 Å². The molecule has 9 nitrogen and oxygen atoms in total. The number of para-hydroxylation sites is 2. The van der Waals surface area contributed by atoms with E-state index in [9.17, 15) is 19.2 Å². The fraction of sp³-hybridized carbons (Fsp3) is 0.500. The number of esters is 1. The third kappa shape index (κ3) is 4.18. The van der Waals surface area contributed by atoms with Crippen LogP contribution in [0.25, 0.3) is 0 Å². The molecule has 3 rings (SSSR count). The molecule has 9 heteroatoms. The second-order valence-corrected chi connectivity index (χ2v) is 7.35. The van der Waals surface area contributed by atoms with Gasteiger partial charge in [-0.2, -0.15) is 0 Å². The highest BCUT2D eigenvalue weighted by Crippen LogP contribution is 2.38. The number of anilines is 1. The first-order valence-corrected chi connectivity index (χ1v) is 9.60. The van der Waals surface area contributed by atoms with Gasteiger partial charge in [0.15, 0.2) is 6.61 Å². The largest absolute Gasteiger partial charge is 0.495 e. The van der Waals surface area contributed by atoms with E-state index >= 15 is 0 Å². The maximum Gasteiger partial charge on any atom is 0.326 e. The summed E-state index contributed by atoms with van der Waals surface area (Å²) in [7, 11) is 1.48. The first kappa shape index (κ1) is 20.6. The topological polar surface area (TPSA) is 114 Å². The molecule has 0 radical (unpaired) electrons. The number of amides is 4. The van der Waals surface area contributed by atoms with E-state index in [1.165, 1.54) is 7.11 Å². The van der Waals surface area contributed by atoms with Crippen LogP contribution in [0.15, 0.2) is 24.3 Å². The number of urea groups is 1. The Morgan fingerprint density at radius 3 is 2.76 bits per heavy atom. The van der Waals surface area contributed by atoms with Crippen molar-refractivity contribution in [3.05, 3.63) is 24.3 Å². The van der Waals surface area contributed by atoms with Crippen molar-refractivity contribution in [1.82, 2.24) is 10.2 Å². The summed E-state index contributed by atoms with van der Waals surface area (Å²) in [5.41, 5.74) is -0.491. The summed E-state index contributed by atoms with van der Waals surface area (Å²) in [4.78, 5) is 50.1. The Balaban J connectivity index is 1.53. The molecule has 0 bridgehead atoms. The lowest BCUT2D eigenvalue weighted by molar-refractivity contribution is -0.150. The van der Waals surface area contributed by atoms with Crippen LogP contribution >= 0.6 is 0 Å². The number of imide groups is 1. The lowest BCUT2D eigenvalue weighted by Gasteiger charge is -2.36. The Hall–Kier alpha value is -3.10. The van der Waals surface area contributed by atoms with Crippen molar-refractivity contribution in [3.8, 4) is 5.75 Å². The molecule has 1 heterocycles. The lowest BCUT2D eigenvalue weighted by atomic mass is 9.73. The second-order valence-electron chi connectivity index (χ2n) is 7.35. The van der Waals surface area contributed by atoms with Crippen molar-refractivity contribution in [3.63, 3.8) is 0 Å². The van der Waals surface area contributed by atoms with Crippen LogP contribution in [0.4, 0.5) is 10.5 Å². The van der Waals surface area contributed by atoms with Crippen molar-refractivity contribution in [2.75, 3.05) is 25.6 Å². The zero-order valence-corrected chi connectivity index (χ0v) is 16.5. The monoisotopic (exact) mass is 403 g/mol. The standard InChI is InChI=1S/C20H25N3O6/c1-13-7-5-6-10-20(13)18(26)23(19(27)22-20)11-17(25)29-12-16(24)21-14-8-3-4-9-15(14)28-2/h3-4,8-9,13H,5-7,10-12H2,1-2H3,(H,21,24)(H,22,27)/t13-,20-/m0/s1. The summed E-state index contributed by atoms with van der Waals surface area (Å²) in [6, 6.07) is 6.22. The number of carbonyl (C=O) groups excluding carboxylic acids is 4. The fourth-order valence-corrected chi connectivity index (χ4v) is 3.89. The number of benzene rings is 1. The SMILES string of the molecule is COc1ccccc1NC(=O)COC(=O)CN1C(=O)N[C@]2(CCCC[C@@H]2C)C1=O. The van der Waals surface area contributed by atoms with Gasteiger partial charge in [0.05, 0.1) is 12.8 Å². The predicted molar refractivity (Wildman–Crippen MR) is 103 cm³/mol. The van der Waals surface area contributed by atoms with Gasteiger partial charge in [0.25, 0.3) is 11.8 Å². The summed E-state index contributed by atoms with van der Waals surface area (Å²) < 4.78 is 10.1. The minimum absolute atomic E-state index is 0.000325. The summed E-state index contributed by atoms with van der Waals surface area (Å²) in [6.07, 6.45) is 3.26. The van der Waals surface area contributed by atoms with Gasteiger partial charge in [-0.05, 0) is 30.9 Å². The highest BCUT2D eigenvalue weighted by atomic mass is 16.5. The number of hydrogen-bond acceptors (Lipinski definition) is 6. The molecule has 1 aromatic carbocycles. The third-order valence-electron chi connectivity index (χ3n) is 5.53. The maximum atomic E-state index is 12.8. The molecule has 2 fully saturated rings. The quantitative estimate of drug-likeness (QED) is 0.552. The number of ether oxygens (including phenoxy) is 2.